The Hall–Kier alpha value is -0.120. The Bertz CT molecular complexity index is 182. The van der Waals surface area contributed by atoms with E-state index < -0.39 is 0 Å². The zero-order valence-corrected chi connectivity index (χ0v) is 9.87. The van der Waals surface area contributed by atoms with Crippen LogP contribution in [-0.2, 0) is 4.74 Å². The Morgan fingerprint density at radius 2 is 2.13 bits per heavy atom. The molecule has 1 aliphatic heterocycles. The molecular formula is C12H24N2O. The van der Waals surface area contributed by atoms with Gasteiger partial charge in [-0.1, -0.05) is 0 Å². The van der Waals surface area contributed by atoms with Crippen molar-refractivity contribution in [3.8, 4) is 0 Å². The first-order valence-electron chi connectivity index (χ1n) is 6.44. The fourth-order valence-electron chi connectivity index (χ4n) is 2.29. The van der Waals surface area contributed by atoms with Crippen LogP contribution >= 0.6 is 0 Å². The van der Waals surface area contributed by atoms with Gasteiger partial charge in [0.15, 0.2) is 0 Å². The van der Waals surface area contributed by atoms with Gasteiger partial charge < -0.3 is 15.0 Å². The quantitative estimate of drug-likeness (QED) is 0.643. The van der Waals surface area contributed by atoms with E-state index in [9.17, 15) is 0 Å². The second-order valence-corrected chi connectivity index (χ2v) is 4.78. The van der Waals surface area contributed by atoms with Crippen molar-refractivity contribution >= 4 is 0 Å². The number of nitrogens with one attached hydrogen (secondary N) is 1. The third-order valence-electron chi connectivity index (χ3n) is 3.29. The van der Waals surface area contributed by atoms with Crippen LogP contribution in [0.3, 0.4) is 0 Å². The molecule has 0 radical (unpaired) electrons. The fourth-order valence-corrected chi connectivity index (χ4v) is 2.29. The number of likely N-dealkylation sites (tertiary alicyclic amines) is 1. The lowest BCUT2D eigenvalue weighted by atomic mass is 10.2. The summed E-state index contributed by atoms with van der Waals surface area (Å²) < 4.78 is 5.35. The molecule has 1 saturated carbocycles. The molecule has 0 amide bonds. The zero-order chi connectivity index (χ0) is 10.5. The van der Waals surface area contributed by atoms with Crippen molar-refractivity contribution in [3.63, 3.8) is 0 Å². The van der Waals surface area contributed by atoms with Crippen LogP contribution in [0.1, 0.15) is 32.6 Å². The van der Waals surface area contributed by atoms with Gasteiger partial charge in [-0.15, -0.1) is 0 Å². The Kier molecular flexibility index (Phi) is 4.42. The van der Waals surface area contributed by atoms with Gasteiger partial charge in [-0.25, -0.2) is 0 Å². The van der Waals surface area contributed by atoms with Gasteiger partial charge in [0.2, 0.25) is 0 Å². The molecule has 0 aromatic carbocycles. The van der Waals surface area contributed by atoms with Gasteiger partial charge in [0.1, 0.15) is 0 Å². The number of rotatable bonds is 7. The third kappa shape index (κ3) is 4.09. The van der Waals surface area contributed by atoms with Crippen LogP contribution in [-0.4, -0.2) is 49.8 Å². The topological polar surface area (TPSA) is 24.5 Å². The molecule has 0 aromatic heterocycles. The molecule has 15 heavy (non-hydrogen) atoms. The lowest BCUT2D eigenvalue weighted by Crippen LogP contribution is -2.34. The molecule has 1 N–H and O–H groups in total. The Balaban J connectivity index is 1.51. The Morgan fingerprint density at radius 1 is 1.27 bits per heavy atom. The van der Waals surface area contributed by atoms with Gasteiger partial charge in [0.05, 0.1) is 0 Å². The molecule has 2 rings (SSSR count). The highest BCUT2D eigenvalue weighted by Gasteiger charge is 2.28. The van der Waals surface area contributed by atoms with E-state index in [1.54, 1.807) is 0 Å². The summed E-state index contributed by atoms with van der Waals surface area (Å²) in [5.74, 6) is 0. The third-order valence-corrected chi connectivity index (χ3v) is 3.29. The molecule has 0 aromatic rings. The highest BCUT2D eigenvalue weighted by Crippen LogP contribution is 2.21. The minimum absolute atomic E-state index is 0.768. The van der Waals surface area contributed by atoms with E-state index in [2.05, 4.69) is 17.1 Å². The van der Waals surface area contributed by atoms with Crippen molar-refractivity contribution in [3.05, 3.63) is 0 Å². The standard InChI is InChI=1S/C12H24N2O/c1-2-15-9-3-7-14-8-6-12(10-14)13-11-4-5-11/h11-13H,2-10H2,1H3. The van der Waals surface area contributed by atoms with Crippen LogP contribution in [0.15, 0.2) is 0 Å². The molecule has 1 atom stereocenters. The SMILES string of the molecule is CCOCCCN1CCC(NC2CC2)C1. The molecule has 88 valence electrons. The number of hydrogen-bond donors (Lipinski definition) is 1. The summed E-state index contributed by atoms with van der Waals surface area (Å²) >= 11 is 0. The van der Waals surface area contributed by atoms with Crippen molar-refractivity contribution < 1.29 is 4.74 Å². The van der Waals surface area contributed by atoms with E-state index >= 15 is 0 Å². The molecule has 1 heterocycles. The zero-order valence-electron chi connectivity index (χ0n) is 9.87. The fraction of sp³-hybridized carbons (Fsp3) is 1.00. The van der Waals surface area contributed by atoms with Gasteiger partial charge in [-0.05, 0) is 39.2 Å². The maximum atomic E-state index is 5.35. The van der Waals surface area contributed by atoms with Gasteiger partial charge in [-0.3, -0.25) is 0 Å². The highest BCUT2D eigenvalue weighted by molar-refractivity contribution is 4.89. The van der Waals surface area contributed by atoms with Crippen LogP contribution in [0.4, 0.5) is 0 Å². The van der Waals surface area contributed by atoms with E-state index in [-0.39, 0.29) is 0 Å². The highest BCUT2D eigenvalue weighted by atomic mass is 16.5. The molecule has 2 fully saturated rings. The molecular weight excluding hydrogens is 188 g/mol. The summed E-state index contributed by atoms with van der Waals surface area (Å²) in [6.07, 6.45) is 5.33. The molecule has 2 aliphatic rings. The summed E-state index contributed by atoms with van der Waals surface area (Å²) in [5.41, 5.74) is 0. The molecule has 3 heteroatoms. The largest absolute Gasteiger partial charge is 0.382 e. The molecule has 0 spiro atoms. The number of nitrogens with zero attached hydrogens (tertiary/aromatic N) is 1. The molecule has 3 nitrogen and oxygen atoms in total. The monoisotopic (exact) mass is 212 g/mol. The minimum atomic E-state index is 0.768. The van der Waals surface area contributed by atoms with Crippen molar-refractivity contribution in [2.24, 2.45) is 0 Å². The van der Waals surface area contributed by atoms with Gasteiger partial charge in [0, 0.05) is 38.4 Å². The van der Waals surface area contributed by atoms with Crippen molar-refractivity contribution in [2.45, 2.75) is 44.7 Å². The second-order valence-electron chi connectivity index (χ2n) is 4.78. The average molecular weight is 212 g/mol. The first-order chi connectivity index (χ1) is 7.38. The summed E-state index contributed by atoms with van der Waals surface area (Å²) in [6.45, 7) is 7.58. The van der Waals surface area contributed by atoms with Crippen LogP contribution in [0, 0.1) is 0 Å². The molecule has 1 saturated heterocycles. The molecule has 0 bridgehead atoms. The van der Waals surface area contributed by atoms with Crippen LogP contribution < -0.4 is 5.32 Å². The minimum Gasteiger partial charge on any atom is -0.382 e. The van der Waals surface area contributed by atoms with Crippen molar-refractivity contribution in [2.75, 3.05) is 32.8 Å². The lowest BCUT2D eigenvalue weighted by molar-refractivity contribution is 0.135. The normalized spacial score (nSPS) is 27.4. The predicted molar refractivity (Wildman–Crippen MR) is 62.1 cm³/mol. The smallest absolute Gasteiger partial charge is 0.0478 e. The van der Waals surface area contributed by atoms with E-state index in [0.717, 1.165) is 25.3 Å². The van der Waals surface area contributed by atoms with Gasteiger partial charge in [0.25, 0.3) is 0 Å². The van der Waals surface area contributed by atoms with Crippen LogP contribution in [0.2, 0.25) is 0 Å². The van der Waals surface area contributed by atoms with Crippen molar-refractivity contribution in [1.82, 2.24) is 10.2 Å². The van der Waals surface area contributed by atoms with E-state index in [4.69, 9.17) is 4.74 Å². The van der Waals surface area contributed by atoms with Crippen molar-refractivity contribution in [1.29, 1.82) is 0 Å². The summed E-state index contributed by atoms with van der Waals surface area (Å²) in [4.78, 5) is 2.57. The Labute approximate surface area is 93.2 Å². The summed E-state index contributed by atoms with van der Waals surface area (Å²) in [5, 5.41) is 3.71. The van der Waals surface area contributed by atoms with Gasteiger partial charge in [-0.2, -0.15) is 0 Å². The van der Waals surface area contributed by atoms with Crippen LogP contribution in [0.25, 0.3) is 0 Å². The maximum absolute atomic E-state index is 5.35. The van der Waals surface area contributed by atoms with E-state index in [1.807, 2.05) is 0 Å². The molecule has 1 unspecified atom stereocenters. The second kappa shape index (κ2) is 5.83. The molecule has 1 aliphatic carbocycles. The predicted octanol–water partition coefficient (Wildman–Crippen LogP) is 1.24. The summed E-state index contributed by atoms with van der Waals surface area (Å²) in [6, 6.07) is 1.63. The first-order valence-corrected chi connectivity index (χ1v) is 6.44. The van der Waals surface area contributed by atoms with Crippen LogP contribution in [0.5, 0.6) is 0 Å². The first kappa shape index (κ1) is 11.4. The Morgan fingerprint density at radius 3 is 2.87 bits per heavy atom. The van der Waals surface area contributed by atoms with E-state index in [1.165, 1.54) is 45.3 Å². The number of ether oxygens (including phenoxy) is 1. The summed E-state index contributed by atoms with van der Waals surface area (Å²) in [7, 11) is 0. The number of hydrogen-bond acceptors (Lipinski definition) is 3. The average Bonchev–Trinajstić information content (AvgIpc) is 2.93. The van der Waals surface area contributed by atoms with Gasteiger partial charge >= 0.3 is 0 Å². The van der Waals surface area contributed by atoms with E-state index in [0.29, 0.717) is 0 Å². The maximum Gasteiger partial charge on any atom is 0.0478 e. The lowest BCUT2D eigenvalue weighted by Gasteiger charge is -2.16.